The van der Waals surface area contributed by atoms with Crippen LogP contribution >= 0.6 is 0 Å². The first kappa shape index (κ1) is 16.7. The summed E-state index contributed by atoms with van der Waals surface area (Å²) in [5.74, 6) is 0.800. The highest BCUT2D eigenvalue weighted by atomic mass is 16.2. The van der Waals surface area contributed by atoms with Crippen molar-refractivity contribution in [3.63, 3.8) is 0 Å². The molecule has 1 amide bonds. The van der Waals surface area contributed by atoms with Crippen LogP contribution in [0.4, 0.5) is 5.69 Å². The van der Waals surface area contributed by atoms with E-state index in [1.165, 1.54) is 0 Å². The van der Waals surface area contributed by atoms with Crippen molar-refractivity contribution in [1.29, 1.82) is 0 Å². The van der Waals surface area contributed by atoms with E-state index in [0.717, 1.165) is 17.7 Å². The lowest BCUT2D eigenvalue weighted by molar-refractivity contribution is -0.117. The Balaban J connectivity index is 2.48. The van der Waals surface area contributed by atoms with Crippen molar-refractivity contribution in [3.8, 4) is 0 Å². The molecule has 0 spiro atoms. The van der Waals surface area contributed by atoms with Crippen molar-refractivity contribution in [3.05, 3.63) is 29.8 Å². The van der Waals surface area contributed by atoms with Crippen LogP contribution in [0.2, 0.25) is 0 Å². The number of nitrogens with two attached hydrogens (primary N) is 1. The number of rotatable bonds is 8. The van der Waals surface area contributed by atoms with Gasteiger partial charge in [-0.05, 0) is 48.9 Å². The molecule has 4 heteroatoms. The molecule has 1 aromatic carbocycles. The highest BCUT2D eigenvalue weighted by Crippen LogP contribution is 2.16. The van der Waals surface area contributed by atoms with Crippen molar-refractivity contribution >= 4 is 11.6 Å². The number of hydrogen-bond acceptors (Lipinski definition) is 3. The minimum absolute atomic E-state index is 0.0102. The Morgan fingerprint density at radius 1 is 1.30 bits per heavy atom. The molecule has 0 aromatic heterocycles. The third-order valence-corrected chi connectivity index (χ3v) is 3.25. The van der Waals surface area contributed by atoms with Gasteiger partial charge < -0.3 is 16.2 Å². The van der Waals surface area contributed by atoms with Crippen molar-refractivity contribution < 1.29 is 9.90 Å². The maximum Gasteiger partial charge on any atom is 0.224 e. The quantitative estimate of drug-likeness (QED) is 0.682. The highest BCUT2D eigenvalue weighted by Gasteiger charge is 2.14. The number of carbonyl (C=O) groups is 1. The molecule has 4 nitrogen and oxygen atoms in total. The van der Waals surface area contributed by atoms with Gasteiger partial charge in [0, 0.05) is 18.7 Å². The van der Waals surface area contributed by atoms with Crippen molar-refractivity contribution in [2.45, 2.75) is 33.1 Å². The number of nitrogens with one attached hydrogen (secondary N) is 1. The molecule has 0 fully saturated rings. The molecular formula is C16H26N2O2. The average Bonchev–Trinajstić information content (AvgIpc) is 2.40. The fraction of sp³-hybridized carbons (Fsp3) is 0.562. The molecule has 0 aliphatic carbocycles. The van der Waals surface area contributed by atoms with E-state index in [1.54, 1.807) is 0 Å². The largest absolute Gasteiger partial charge is 0.396 e. The van der Waals surface area contributed by atoms with Gasteiger partial charge in [0.05, 0.1) is 0 Å². The Bertz CT molecular complexity index is 401. The molecule has 4 N–H and O–H groups in total. The standard InChI is InChI=1S/C16H26N2O2/c1-12(2)9-14(11-17)10-16(20)18-15-5-3-13(4-6-15)7-8-19/h3-6,12,14,19H,7-11,17H2,1-2H3,(H,18,20). The Hall–Kier alpha value is -1.39. The number of anilines is 1. The molecule has 1 rings (SSSR count). The lowest BCUT2D eigenvalue weighted by atomic mass is 9.94. The Kier molecular flexibility index (Phi) is 7.26. The van der Waals surface area contributed by atoms with E-state index in [-0.39, 0.29) is 18.4 Å². The van der Waals surface area contributed by atoms with E-state index < -0.39 is 0 Å². The van der Waals surface area contributed by atoms with Crippen LogP contribution in [-0.4, -0.2) is 24.2 Å². The van der Waals surface area contributed by atoms with E-state index in [9.17, 15) is 4.79 Å². The Labute approximate surface area is 121 Å². The molecule has 0 radical (unpaired) electrons. The van der Waals surface area contributed by atoms with Gasteiger partial charge in [0.2, 0.25) is 5.91 Å². The van der Waals surface area contributed by atoms with Crippen LogP contribution in [0, 0.1) is 11.8 Å². The van der Waals surface area contributed by atoms with Gasteiger partial charge in [0.25, 0.3) is 0 Å². The average molecular weight is 278 g/mol. The third-order valence-electron chi connectivity index (χ3n) is 3.25. The van der Waals surface area contributed by atoms with Crippen LogP contribution in [0.3, 0.4) is 0 Å². The smallest absolute Gasteiger partial charge is 0.224 e. The summed E-state index contributed by atoms with van der Waals surface area (Å²) in [6.07, 6.45) is 2.07. The van der Waals surface area contributed by atoms with Gasteiger partial charge in [-0.15, -0.1) is 0 Å². The Morgan fingerprint density at radius 3 is 2.45 bits per heavy atom. The zero-order chi connectivity index (χ0) is 15.0. The monoisotopic (exact) mass is 278 g/mol. The summed E-state index contributed by atoms with van der Waals surface area (Å²) >= 11 is 0. The Morgan fingerprint density at radius 2 is 1.95 bits per heavy atom. The molecule has 1 atom stereocenters. The van der Waals surface area contributed by atoms with Crippen LogP contribution < -0.4 is 11.1 Å². The number of benzene rings is 1. The fourth-order valence-electron chi connectivity index (χ4n) is 2.29. The molecule has 20 heavy (non-hydrogen) atoms. The van der Waals surface area contributed by atoms with Gasteiger partial charge in [-0.25, -0.2) is 0 Å². The molecule has 0 saturated carbocycles. The normalized spacial score (nSPS) is 12.4. The number of hydrogen-bond donors (Lipinski definition) is 3. The number of aliphatic hydroxyl groups excluding tert-OH is 1. The van der Waals surface area contributed by atoms with E-state index in [0.29, 0.717) is 25.3 Å². The van der Waals surface area contributed by atoms with Crippen LogP contribution in [0.5, 0.6) is 0 Å². The summed E-state index contributed by atoms with van der Waals surface area (Å²) in [6.45, 7) is 4.96. The zero-order valence-electron chi connectivity index (χ0n) is 12.4. The van der Waals surface area contributed by atoms with Crippen molar-refractivity contribution in [2.24, 2.45) is 17.6 Å². The van der Waals surface area contributed by atoms with E-state index in [4.69, 9.17) is 10.8 Å². The van der Waals surface area contributed by atoms with Gasteiger partial charge in [0.15, 0.2) is 0 Å². The van der Waals surface area contributed by atoms with Crippen molar-refractivity contribution in [2.75, 3.05) is 18.5 Å². The summed E-state index contributed by atoms with van der Waals surface area (Å²) in [5, 5.41) is 11.7. The molecule has 0 aliphatic heterocycles. The molecular weight excluding hydrogens is 252 g/mol. The zero-order valence-corrected chi connectivity index (χ0v) is 12.4. The summed E-state index contributed by atoms with van der Waals surface area (Å²) in [5.41, 5.74) is 7.56. The molecule has 1 aromatic rings. The van der Waals surface area contributed by atoms with E-state index in [2.05, 4.69) is 19.2 Å². The molecule has 1 unspecified atom stereocenters. The second-order valence-corrected chi connectivity index (χ2v) is 5.65. The molecule has 112 valence electrons. The van der Waals surface area contributed by atoms with Gasteiger partial charge >= 0.3 is 0 Å². The maximum atomic E-state index is 12.0. The molecule has 0 heterocycles. The molecule has 0 aliphatic rings. The second-order valence-electron chi connectivity index (χ2n) is 5.65. The van der Waals surface area contributed by atoms with E-state index >= 15 is 0 Å². The number of amides is 1. The molecule has 0 bridgehead atoms. The fourth-order valence-corrected chi connectivity index (χ4v) is 2.29. The van der Waals surface area contributed by atoms with Crippen LogP contribution in [0.1, 0.15) is 32.3 Å². The lowest BCUT2D eigenvalue weighted by Crippen LogP contribution is -2.23. The maximum absolute atomic E-state index is 12.0. The van der Waals surface area contributed by atoms with Gasteiger partial charge in [-0.3, -0.25) is 4.79 Å². The first-order valence-electron chi connectivity index (χ1n) is 7.24. The minimum atomic E-state index is 0.0102. The predicted molar refractivity (Wildman–Crippen MR) is 82.5 cm³/mol. The topological polar surface area (TPSA) is 75.4 Å². The van der Waals surface area contributed by atoms with Crippen LogP contribution in [-0.2, 0) is 11.2 Å². The summed E-state index contributed by atoms with van der Waals surface area (Å²) in [7, 11) is 0. The van der Waals surface area contributed by atoms with Gasteiger partial charge in [-0.1, -0.05) is 26.0 Å². The highest BCUT2D eigenvalue weighted by molar-refractivity contribution is 5.90. The number of aliphatic hydroxyl groups is 1. The van der Waals surface area contributed by atoms with Crippen molar-refractivity contribution in [1.82, 2.24) is 0 Å². The van der Waals surface area contributed by atoms with Gasteiger partial charge in [0.1, 0.15) is 0 Å². The lowest BCUT2D eigenvalue weighted by Gasteiger charge is -2.16. The third kappa shape index (κ3) is 6.17. The SMILES string of the molecule is CC(C)CC(CN)CC(=O)Nc1ccc(CCO)cc1. The molecule has 0 saturated heterocycles. The first-order chi connectivity index (χ1) is 9.55. The summed E-state index contributed by atoms with van der Waals surface area (Å²) in [6, 6.07) is 7.56. The van der Waals surface area contributed by atoms with Crippen LogP contribution in [0.25, 0.3) is 0 Å². The minimum Gasteiger partial charge on any atom is -0.396 e. The number of carbonyl (C=O) groups excluding carboxylic acids is 1. The van der Waals surface area contributed by atoms with Gasteiger partial charge in [-0.2, -0.15) is 0 Å². The first-order valence-corrected chi connectivity index (χ1v) is 7.24. The van der Waals surface area contributed by atoms with Crippen LogP contribution in [0.15, 0.2) is 24.3 Å². The van der Waals surface area contributed by atoms with E-state index in [1.807, 2.05) is 24.3 Å². The second kappa shape index (κ2) is 8.72. The summed E-state index contributed by atoms with van der Waals surface area (Å²) in [4.78, 5) is 12.0. The summed E-state index contributed by atoms with van der Waals surface area (Å²) < 4.78 is 0. The predicted octanol–water partition coefficient (Wildman–Crippen LogP) is 2.17.